The predicted molar refractivity (Wildman–Crippen MR) is 83.1 cm³/mol. The molecule has 5 aliphatic rings. The molecule has 4 fully saturated rings. The number of rotatable bonds is 2. The monoisotopic (exact) mass is 331 g/mol. The first-order chi connectivity index (χ1) is 12.1. The van der Waals surface area contributed by atoms with Gasteiger partial charge in [-0.2, -0.15) is 10.3 Å². The van der Waals surface area contributed by atoms with Gasteiger partial charge < -0.3 is 0 Å². The van der Waals surface area contributed by atoms with Crippen LogP contribution in [0, 0.1) is 45.8 Å². The number of carbonyl (C=O) groups is 3. The molecule has 1 N–H and O–H groups in total. The summed E-state index contributed by atoms with van der Waals surface area (Å²) in [4.78, 5) is 38.2. The highest BCUT2D eigenvalue weighted by Crippen LogP contribution is 2.94. The third kappa shape index (κ3) is 1.14. The number of hydrogen-bond acceptors (Lipinski definition) is 4. The van der Waals surface area contributed by atoms with E-state index in [1.165, 1.54) is 24.3 Å². The lowest BCUT2D eigenvalue weighted by Crippen LogP contribution is -2.50. The lowest BCUT2D eigenvalue weighted by atomic mass is 9.87. The van der Waals surface area contributed by atoms with Crippen molar-refractivity contribution in [2.45, 2.75) is 6.42 Å². The van der Waals surface area contributed by atoms with E-state index >= 15 is 0 Å². The molecule has 1 saturated heterocycles. The van der Waals surface area contributed by atoms with Crippen molar-refractivity contribution in [3.8, 4) is 6.07 Å². The summed E-state index contributed by atoms with van der Waals surface area (Å²) < 4.78 is 0. The Labute approximate surface area is 143 Å². The minimum atomic E-state index is -0.602. The fourth-order valence-electron chi connectivity index (χ4n) is 6.19. The number of imide groups is 1. The molecule has 1 spiro atoms. The average Bonchev–Trinajstić information content (AvgIpc) is 3.49. The van der Waals surface area contributed by atoms with Gasteiger partial charge in [0.1, 0.15) is 0 Å². The number of allylic oxidation sites excluding steroid dienone is 2. The van der Waals surface area contributed by atoms with Crippen molar-refractivity contribution in [2.24, 2.45) is 34.5 Å². The number of nitriles is 1. The SMILES string of the molecule is N#Cc1ccc(C(=O)NN2C(=O)[C@H]3C45C=CC(C6CC64)[C@@]35C2=O)cc1. The summed E-state index contributed by atoms with van der Waals surface area (Å²) in [5.74, 6) is -0.118. The highest BCUT2D eigenvalue weighted by Gasteiger charge is 2.99. The maximum atomic E-state index is 13.1. The van der Waals surface area contributed by atoms with Crippen LogP contribution < -0.4 is 5.43 Å². The molecular formula is C19H13N3O3. The van der Waals surface area contributed by atoms with E-state index in [1.807, 2.05) is 6.07 Å². The van der Waals surface area contributed by atoms with Crippen molar-refractivity contribution >= 4 is 17.7 Å². The Morgan fingerprint density at radius 1 is 1.28 bits per heavy atom. The third-order valence-corrected chi connectivity index (χ3v) is 7.10. The smallest absolute Gasteiger partial charge is 0.270 e. The fourth-order valence-corrected chi connectivity index (χ4v) is 6.19. The molecule has 122 valence electrons. The van der Waals surface area contributed by atoms with Crippen LogP contribution in [0.25, 0.3) is 0 Å². The summed E-state index contributed by atoms with van der Waals surface area (Å²) >= 11 is 0. The first-order valence-corrected chi connectivity index (χ1v) is 8.46. The number of hydrazine groups is 1. The number of nitrogens with one attached hydrogen (secondary N) is 1. The molecule has 25 heavy (non-hydrogen) atoms. The first-order valence-electron chi connectivity index (χ1n) is 8.46. The van der Waals surface area contributed by atoms with E-state index in [0.29, 0.717) is 23.0 Å². The highest BCUT2D eigenvalue weighted by molar-refractivity contribution is 6.16. The molecule has 6 nitrogen and oxygen atoms in total. The van der Waals surface area contributed by atoms with Crippen LogP contribution in [0.3, 0.4) is 0 Å². The molecule has 1 aromatic carbocycles. The minimum absolute atomic E-state index is 0.163. The summed E-state index contributed by atoms with van der Waals surface area (Å²) in [6.45, 7) is 0. The van der Waals surface area contributed by atoms with E-state index in [0.717, 1.165) is 11.4 Å². The molecule has 6 heteroatoms. The van der Waals surface area contributed by atoms with E-state index in [4.69, 9.17) is 5.26 Å². The summed E-state index contributed by atoms with van der Waals surface area (Å²) in [5.41, 5.74) is 2.39. The minimum Gasteiger partial charge on any atom is -0.272 e. The van der Waals surface area contributed by atoms with Crippen molar-refractivity contribution in [3.05, 3.63) is 47.5 Å². The van der Waals surface area contributed by atoms with Gasteiger partial charge in [-0.3, -0.25) is 19.8 Å². The summed E-state index contributed by atoms with van der Waals surface area (Å²) in [5, 5.41) is 9.75. The Morgan fingerprint density at radius 3 is 2.76 bits per heavy atom. The van der Waals surface area contributed by atoms with Crippen molar-refractivity contribution in [3.63, 3.8) is 0 Å². The topological polar surface area (TPSA) is 90.3 Å². The zero-order chi connectivity index (χ0) is 17.1. The van der Waals surface area contributed by atoms with Gasteiger partial charge in [0.05, 0.1) is 23.0 Å². The molecule has 1 aliphatic heterocycles. The Balaban J connectivity index is 1.28. The van der Waals surface area contributed by atoms with Gasteiger partial charge in [0, 0.05) is 11.0 Å². The van der Waals surface area contributed by atoms with Crippen molar-refractivity contribution < 1.29 is 14.4 Å². The van der Waals surface area contributed by atoms with Gasteiger partial charge in [0.2, 0.25) is 0 Å². The number of benzene rings is 1. The van der Waals surface area contributed by atoms with Crippen LogP contribution in [0.4, 0.5) is 0 Å². The van der Waals surface area contributed by atoms with Crippen LogP contribution in [0.2, 0.25) is 0 Å². The molecule has 3 amide bonds. The summed E-state index contributed by atoms with van der Waals surface area (Å²) in [7, 11) is 0. The average molecular weight is 331 g/mol. The fraction of sp³-hybridized carbons (Fsp3) is 0.368. The van der Waals surface area contributed by atoms with Crippen molar-refractivity contribution in [1.82, 2.24) is 10.4 Å². The van der Waals surface area contributed by atoms with Crippen LogP contribution in [0.5, 0.6) is 0 Å². The van der Waals surface area contributed by atoms with Gasteiger partial charge in [-0.15, -0.1) is 0 Å². The Kier molecular flexibility index (Phi) is 1.96. The van der Waals surface area contributed by atoms with Crippen LogP contribution in [-0.2, 0) is 9.59 Å². The molecule has 1 heterocycles. The molecule has 2 bridgehead atoms. The quantitative estimate of drug-likeness (QED) is 0.647. The Hall–Kier alpha value is -2.94. The second-order valence-electron chi connectivity index (χ2n) is 7.73. The highest BCUT2D eigenvalue weighted by atomic mass is 16.2. The van der Waals surface area contributed by atoms with Gasteiger partial charge >= 0.3 is 0 Å². The first kappa shape index (κ1) is 13.4. The van der Waals surface area contributed by atoms with Gasteiger partial charge in [0.15, 0.2) is 0 Å². The number of carbonyl (C=O) groups excluding carboxylic acids is 3. The van der Waals surface area contributed by atoms with Gasteiger partial charge in [-0.25, -0.2) is 0 Å². The van der Waals surface area contributed by atoms with E-state index in [2.05, 4.69) is 17.6 Å². The van der Waals surface area contributed by atoms with Crippen LogP contribution in [-0.4, -0.2) is 22.7 Å². The van der Waals surface area contributed by atoms with E-state index < -0.39 is 11.3 Å². The molecular weight excluding hydrogens is 318 g/mol. The molecule has 4 aliphatic carbocycles. The number of hydrogen-bond donors (Lipinski definition) is 1. The largest absolute Gasteiger partial charge is 0.272 e. The molecule has 3 saturated carbocycles. The van der Waals surface area contributed by atoms with Crippen LogP contribution >= 0.6 is 0 Å². The van der Waals surface area contributed by atoms with Crippen LogP contribution in [0.1, 0.15) is 22.3 Å². The Bertz CT molecular complexity index is 975. The third-order valence-electron chi connectivity index (χ3n) is 7.10. The second kappa shape index (κ2) is 3.67. The van der Waals surface area contributed by atoms with Crippen LogP contribution in [0.15, 0.2) is 36.4 Å². The van der Waals surface area contributed by atoms with E-state index in [-0.39, 0.29) is 29.1 Å². The van der Waals surface area contributed by atoms with E-state index in [1.54, 1.807) is 0 Å². The maximum absolute atomic E-state index is 13.1. The van der Waals surface area contributed by atoms with E-state index in [9.17, 15) is 14.4 Å². The zero-order valence-electron chi connectivity index (χ0n) is 13.1. The molecule has 0 radical (unpaired) electrons. The number of amides is 3. The van der Waals surface area contributed by atoms with Crippen molar-refractivity contribution in [1.29, 1.82) is 5.26 Å². The molecule has 6 atom stereocenters. The Morgan fingerprint density at radius 2 is 2.04 bits per heavy atom. The number of fused-ring (bicyclic) bond motifs is 2. The lowest BCUT2D eigenvalue weighted by Gasteiger charge is -2.24. The number of nitrogens with zero attached hydrogens (tertiary/aromatic N) is 2. The molecule has 6 rings (SSSR count). The van der Waals surface area contributed by atoms with Gasteiger partial charge in [-0.05, 0) is 48.4 Å². The lowest BCUT2D eigenvalue weighted by molar-refractivity contribution is -0.147. The molecule has 1 aromatic rings. The van der Waals surface area contributed by atoms with Gasteiger partial charge in [0.25, 0.3) is 17.7 Å². The molecule has 0 aromatic heterocycles. The standard InChI is InChI=1S/C19H13N3O3/c20-8-9-1-3-10(4-2-9)15(23)21-22-16(24)14-18-6-5-12(11-7-13(11)18)19(14,18)17(22)25/h1-6,11-14H,7H2,(H,21,23)/t11?,12?,13?,14-,18?,19-/m0/s1. The normalized spacial score (nSPS) is 43.4. The maximum Gasteiger partial charge on any atom is 0.270 e. The van der Waals surface area contributed by atoms with Gasteiger partial charge in [-0.1, -0.05) is 12.2 Å². The van der Waals surface area contributed by atoms with Crippen molar-refractivity contribution in [2.75, 3.05) is 0 Å². The second-order valence-corrected chi connectivity index (χ2v) is 7.73. The summed E-state index contributed by atoms with van der Waals surface area (Å²) in [6.07, 6.45) is 5.34. The number of piperidine rings is 1. The zero-order valence-corrected chi connectivity index (χ0v) is 13.1. The predicted octanol–water partition coefficient (Wildman–Crippen LogP) is 1.01. The summed E-state index contributed by atoms with van der Waals surface area (Å²) in [6, 6.07) is 8.06. The molecule has 4 unspecified atom stereocenters.